The van der Waals surface area contributed by atoms with Gasteiger partial charge in [0.1, 0.15) is 35.4 Å². The summed E-state index contributed by atoms with van der Waals surface area (Å²) in [6.07, 6.45) is -4.39. The summed E-state index contributed by atoms with van der Waals surface area (Å²) in [5.74, 6) is -0.870. The molecule has 0 aromatic heterocycles. The Bertz CT molecular complexity index is 2450. The molecule has 71 heavy (non-hydrogen) atoms. The van der Waals surface area contributed by atoms with E-state index in [2.05, 4.69) is 27.9 Å². The Balaban J connectivity index is 0.000000171. The molecule has 6 aromatic carbocycles. The molecule has 16 heteroatoms. The molecule has 0 saturated carbocycles. The van der Waals surface area contributed by atoms with E-state index in [1.807, 2.05) is 95.9 Å². The number of halogens is 4. The fourth-order valence-electron chi connectivity index (χ4n) is 8.08. The van der Waals surface area contributed by atoms with Gasteiger partial charge >= 0.3 is 0 Å². The molecule has 0 radical (unpaired) electrons. The number of ether oxygens (including phenoxy) is 4. The summed E-state index contributed by atoms with van der Waals surface area (Å²) in [5.41, 5.74) is 3.63. The summed E-state index contributed by atoms with van der Waals surface area (Å²) in [5, 5.41) is 24.1. The Hall–Kier alpha value is -5.31. The van der Waals surface area contributed by atoms with Gasteiger partial charge in [0.25, 0.3) is 11.8 Å². The Labute approximate surface area is 431 Å². The second-order valence-electron chi connectivity index (χ2n) is 16.4. The summed E-state index contributed by atoms with van der Waals surface area (Å²) in [6, 6.07) is 45.1. The van der Waals surface area contributed by atoms with Gasteiger partial charge in [0, 0.05) is 39.3 Å². The molecule has 6 aromatic rings. The predicted molar refractivity (Wildman–Crippen MR) is 276 cm³/mol. The number of benzene rings is 6. The van der Waals surface area contributed by atoms with Gasteiger partial charge in [-0.1, -0.05) is 132 Å². The smallest absolute Gasteiger partial charge is 0.255 e. The van der Waals surface area contributed by atoms with E-state index in [0.29, 0.717) is 57.1 Å². The van der Waals surface area contributed by atoms with Crippen LogP contribution < -0.4 is 10.1 Å². The van der Waals surface area contributed by atoms with Crippen molar-refractivity contribution in [2.45, 2.75) is 53.8 Å². The first-order valence-electron chi connectivity index (χ1n) is 23.1. The lowest BCUT2D eigenvalue weighted by Gasteiger charge is -2.34. The molecule has 0 bridgehead atoms. The lowest BCUT2D eigenvalue weighted by molar-refractivity contribution is -0.164. The lowest BCUT2D eigenvalue weighted by Crippen LogP contribution is -2.49. The summed E-state index contributed by atoms with van der Waals surface area (Å²) in [6.45, 7) is 4.84. The number of hydrogen-bond acceptors (Lipinski definition) is 10. The first-order valence-corrected chi connectivity index (χ1v) is 26.1. The molecule has 3 fully saturated rings. The third-order valence-corrected chi connectivity index (χ3v) is 13.0. The van der Waals surface area contributed by atoms with Crippen LogP contribution >= 0.6 is 34.4 Å². The van der Waals surface area contributed by atoms with Crippen molar-refractivity contribution in [3.63, 3.8) is 0 Å². The van der Waals surface area contributed by atoms with Gasteiger partial charge in [-0.2, -0.15) is 0 Å². The summed E-state index contributed by atoms with van der Waals surface area (Å²) in [7, 11) is 1.66. The van der Waals surface area contributed by atoms with Crippen molar-refractivity contribution in [3.05, 3.63) is 203 Å². The minimum absolute atomic E-state index is 0.00481. The molecule has 3 aliphatic heterocycles. The van der Waals surface area contributed by atoms with E-state index in [1.54, 1.807) is 52.9 Å². The normalized spacial score (nSPS) is 19.1. The van der Waals surface area contributed by atoms with Crippen molar-refractivity contribution < 1.29 is 51.9 Å². The van der Waals surface area contributed by atoms with Crippen LogP contribution in [-0.4, -0.2) is 108 Å². The zero-order chi connectivity index (χ0) is 50.5. The second kappa shape index (κ2) is 28.7. The number of aliphatic hydroxyl groups is 2. The number of morpholine rings is 3. The molecule has 9 rings (SSSR count). The van der Waals surface area contributed by atoms with Crippen LogP contribution in [-0.2, 0) is 36.9 Å². The Morgan fingerprint density at radius 3 is 1.52 bits per heavy atom. The van der Waals surface area contributed by atoms with Gasteiger partial charge in [-0.3, -0.25) is 9.59 Å². The zero-order valence-electron chi connectivity index (χ0n) is 39.5. The third kappa shape index (κ3) is 16.1. The number of carbonyl (C=O) groups excluding carboxylic acids is 2. The number of carbonyl (C=O) groups is 2. The number of aliphatic hydroxyl groups excluding tert-OH is 2. The van der Waals surface area contributed by atoms with Crippen LogP contribution in [0.25, 0.3) is 0 Å². The first-order chi connectivity index (χ1) is 34.6. The fraction of sp³-hybridized carbons (Fsp3) is 0.309. The number of amides is 2. The van der Waals surface area contributed by atoms with E-state index in [0.717, 1.165) is 40.4 Å². The molecule has 3 saturated heterocycles. The predicted octanol–water partition coefficient (Wildman–Crippen LogP) is 9.28. The van der Waals surface area contributed by atoms with Gasteiger partial charge in [0.15, 0.2) is 12.2 Å². The monoisotopic (exact) mass is 1110 g/mol. The van der Waals surface area contributed by atoms with Crippen molar-refractivity contribution >= 4 is 46.2 Å². The Morgan fingerprint density at radius 1 is 0.620 bits per heavy atom. The van der Waals surface area contributed by atoms with E-state index in [-0.39, 0.29) is 29.0 Å². The third-order valence-electron chi connectivity index (χ3n) is 11.6. The summed E-state index contributed by atoms with van der Waals surface area (Å²) < 4.78 is 62.6. The summed E-state index contributed by atoms with van der Waals surface area (Å²) in [4.78, 5) is 31.5. The number of alkyl halides is 1. The number of hydrogen-bond donors (Lipinski definition) is 3. The van der Waals surface area contributed by atoms with Crippen molar-refractivity contribution in [3.8, 4) is 5.75 Å². The Morgan fingerprint density at radius 2 is 1.07 bits per heavy atom. The van der Waals surface area contributed by atoms with Gasteiger partial charge in [-0.15, -0.1) is 11.8 Å². The highest BCUT2D eigenvalue weighted by Crippen LogP contribution is 2.43. The van der Waals surface area contributed by atoms with Crippen molar-refractivity contribution in [2.24, 2.45) is 0 Å². The highest BCUT2D eigenvalue weighted by atomic mass is 127. The molecular formula is C55H59F3IN3O8S. The molecule has 0 spiro atoms. The van der Waals surface area contributed by atoms with Crippen LogP contribution in [0.3, 0.4) is 0 Å². The van der Waals surface area contributed by atoms with E-state index in [9.17, 15) is 33.0 Å². The number of thioether (sulfide) groups is 1. The number of methoxy groups -OCH3 is 1. The molecule has 3 aliphatic rings. The van der Waals surface area contributed by atoms with Crippen molar-refractivity contribution in [2.75, 3.05) is 58.0 Å². The SMILES string of the molecule is CI.COc1ccccc1S[C@H](c1cccc(F)c1)[C@H]1CNCCO1.O=C1[C@@H]([C@@H](O)c2cccc(F)c2)OCCN1Cc1ccccc1.O=C1[C@H]([C@H](O)c2cccc(F)c2)OCCN1Cc1ccccc1. The van der Waals surface area contributed by atoms with E-state index < -0.39 is 36.1 Å². The number of para-hydroxylation sites is 1. The zero-order valence-corrected chi connectivity index (χ0v) is 42.5. The molecule has 11 nitrogen and oxygen atoms in total. The van der Waals surface area contributed by atoms with Gasteiger partial charge < -0.3 is 44.3 Å². The molecule has 0 aliphatic carbocycles. The van der Waals surface area contributed by atoms with E-state index in [1.165, 1.54) is 42.5 Å². The fourth-order valence-corrected chi connectivity index (χ4v) is 9.39. The van der Waals surface area contributed by atoms with Crippen molar-refractivity contribution in [1.82, 2.24) is 15.1 Å². The Kier molecular flexibility index (Phi) is 22.2. The minimum atomic E-state index is -1.18. The average molecular weight is 1110 g/mol. The van der Waals surface area contributed by atoms with Crippen LogP contribution in [0.5, 0.6) is 5.75 Å². The number of nitrogens with one attached hydrogen (secondary N) is 1. The average Bonchev–Trinajstić information content (AvgIpc) is 3.40. The van der Waals surface area contributed by atoms with Gasteiger partial charge in [-0.25, -0.2) is 13.2 Å². The molecule has 6 atom stereocenters. The highest BCUT2D eigenvalue weighted by molar-refractivity contribution is 14.1. The van der Waals surface area contributed by atoms with Crippen LogP contribution in [0, 0.1) is 17.5 Å². The number of nitrogens with zero attached hydrogens (tertiary/aromatic N) is 2. The molecule has 3 N–H and O–H groups in total. The van der Waals surface area contributed by atoms with E-state index in [4.69, 9.17) is 18.9 Å². The second-order valence-corrected chi connectivity index (χ2v) is 17.6. The van der Waals surface area contributed by atoms with Crippen LogP contribution in [0.1, 0.15) is 45.3 Å². The highest BCUT2D eigenvalue weighted by Gasteiger charge is 2.37. The maximum atomic E-state index is 13.7. The van der Waals surface area contributed by atoms with Gasteiger partial charge in [0.05, 0.1) is 43.2 Å². The summed E-state index contributed by atoms with van der Waals surface area (Å²) >= 11 is 3.80. The molecule has 0 unspecified atom stereocenters. The molecule has 2 amide bonds. The molecule has 376 valence electrons. The van der Waals surface area contributed by atoms with Gasteiger partial charge in [-0.05, 0) is 81.3 Å². The maximum Gasteiger partial charge on any atom is 0.255 e. The topological polar surface area (TPSA) is 130 Å². The molecule has 3 heterocycles. The lowest BCUT2D eigenvalue weighted by atomic mass is 10.0. The molecular weight excluding hydrogens is 1050 g/mol. The van der Waals surface area contributed by atoms with Crippen LogP contribution in [0.15, 0.2) is 163 Å². The van der Waals surface area contributed by atoms with Crippen LogP contribution in [0.4, 0.5) is 13.2 Å². The minimum Gasteiger partial charge on any atom is -0.496 e. The standard InChI is InChI=1S/2C18H18FNO3.C18H20FNO2S.CH3I/c2*19-15-8-4-7-14(11-15)16(21)17-18(22)20(9-10-23-17)12-13-5-2-1-3-6-13;1-21-15-7-2-3-8-17(15)23-18(16-12-20-9-10-22-16)13-5-4-6-14(19)11-13;1-2/h2*1-8,11,16-17,21H,9-10,12H2;2-8,11,16,18,20H,9-10,12H2,1H3;1H3/t2*16-,17+;16-,18-;/m101./s1. The van der Waals surface area contributed by atoms with E-state index >= 15 is 0 Å². The van der Waals surface area contributed by atoms with Crippen molar-refractivity contribution in [1.29, 1.82) is 0 Å². The van der Waals surface area contributed by atoms with Gasteiger partial charge in [0.2, 0.25) is 0 Å². The maximum absolute atomic E-state index is 13.7. The largest absolute Gasteiger partial charge is 0.496 e. The van der Waals surface area contributed by atoms with Crippen LogP contribution in [0.2, 0.25) is 0 Å². The number of rotatable bonds is 13. The first kappa shape index (κ1) is 55.0. The quantitative estimate of drug-likeness (QED) is 0.0585.